The lowest BCUT2D eigenvalue weighted by atomic mass is 9.98. The summed E-state index contributed by atoms with van der Waals surface area (Å²) in [5.74, 6) is 0.746. The van der Waals surface area contributed by atoms with Gasteiger partial charge >= 0.3 is 0 Å². The Morgan fingerprint density at radius 2 is 1.72 bits per heavy atom. The number of ether oxygens (including phenoxy) is 1. The highest BCUT2D eigenvalue weighted by Crippen LogP contribution is 2.46. The van der Waals surface area contributed by atoms with Gasteiger partial charge in [0.1, 0.15) is 11.4 Å². The lowest BCUT2D eigenvalue weighted by Crippen LogP contribution is -2.42. The van der Waals surface area contributed by atoms with Gasteiger partial charge in [0.2, 0.25) is 0 Å². The van der Waals surface area contributed by atoms with E-state index in [2.05, 4.69) is 63.6 Å². The van der Waals surface area contributed by atoms with Gasteiger partial charge in [0.15, 0.2) is 0 Å². The Morgan fingerprint density at radius 1 is 0.943 bits per heavy atom. The summed E-state index contributed by atoms with van der Waals surface area (Å²) in [6.07, 6.45) is 5.06. The SMILES string of the molecule is Cc1cc(OCCCc2c3n(c4c(-c5c(C)nn(C)c5C)c(Cl)ccc24)[C@H](C)CN(c2cn(C)c4ccc(-c5cccnn5)cc24)C3=O)cc(C)c1Cl. The van der Waals surface area contributed by atoms with Crippen molar-refractivity contribution in [2.45, 2.75) is 53.5 Å². The second kappa shape index (κ2) is 13.4. The summed E-state index contributed by atoms with van der Waals surface area (Å²) in [5, 5.41) is 16.6. The lowest BCUT2D eigenvalue weighted by Gasteiger charge is -2.34. The number of rotatable bonds is 8. The summed E-state index contributed by atoms with van der Waals surface area (Å²) in [6, 6.07) is 18.0. The second-order valence-corrected chi connectivity index (χ2v) is 15.0. The summed E-state index contributed by atoms with van der Waals surface area (Å²) >= 11 is 13.6. The first-order valence-corrected chi connectivity index (χ1v) is 18.6. The van der Waals surface area contributed by atoms with Crippen molar-refractivity contribution in [2.75, 3.05) is 18.1 Å². The fourth-order valence-corrected chi connectivity index (χ4v) is 8.49. The fourth-order valence-electron chi connectivity index (χ4n) is 8.14. The van der Waals surface area contributed by atoms with E-state index >= 15 is 4.79 Å². The van der Waals surface area contributed by atoms with E-state index < -0.39 is 0 Å². The molecule has 53 heavy (non-hydrogen) atoms. The van der Waals surface area contributed by atoms with Crippen LogP contribution in [0.1, 0.15) is 58.0 Å². The molecule has 5 heterocycles. The van der Waals surface area contributed by atoms with Gasteiger partial charge in [-0.05, 0) is 107 Å². The molecule has 0 radical (unpaired) electrons. The van der Waals surface area contributed by atoms with Gasteiger partial charge in [-0.1, -0.05) is 35.3 Å². The summed E-state index contributed by atoms with van der Waals surface area (Å²) in [5.41, 5.74) is 12.0. The van der Waals surface area contributed by atoms with Gasteiger partial charge < -0.3 is 18.8 Å². The summed E-state index contributed by atoms with van der Waals surface area (Å²) in [7, 11) is 3.97. The summed E-state index contributed by atoms with van der Waals surface area (Å²) in [4.78, 5) is 17.1. The van der Waals surface area contributed by atoms with E-state index in [1.165, 1.54) is 0 Å². The second-order valence-electron chi connectivity index (χ2n) is 14.2. The topological polar surface area (TPSA) is 83.0 Å². The molecule has 3 aromatic carbocycles. The van der Waals surface area contributed by atoms with Gasteiger partial charge in [0, 0.05) is 82.8 Å². The number of hydrogen-bond acceptors (Lipinski definition) is 5. The molecule has 270 valence electrons. The number of aryl methyl sites for hydroxylation is 6. The molecule has 0 aliphatic carbocycles. The monoisotopic (exact) mass is 745 g/mol. The molecule has 8 rings (SSSR count). The molecule has 11 heteroatoms. The number of fused-ring (bicyclic) bond motifs is 4. The number of amides is 1. The zero-order valence-electron chi connectivity index (χ0n) is 31.0. The normalized spacial score (nSPS) is 14.5. The maximum absolute atomic E-state index is 15.2. The van der Waals surface area contributed by atoms with E-state index in [4.69, 9.17) is 33.0 Å². The van der Waals surface area contributed by atoms with Crippen molar-refractivity contribution in [3.05, 3.63) is 111 Å². The van der Waals surface area contributed by atoms with Crippen LogP contribution >= 0.6 is 23.2 Å². The number of aromatic nitrogens is 6. The molecule has 0 saturated heterocycles. The first kappa shape index (κ1) is 34.9. The van der Waals surface area contributed by atoms with Crippen LogP contribution in [0, 0.1) is 27.7 Å². The number of halogens is 2. The molecule has 1 atom stereocenters. The quantitative estimate of drug-likeness (QED) is 0.145. The minimum Gasteiger partial charge on any atom is -0.494 e. The Bertz CT molecular complexity index is 2560. The predicted molar refractivity (Wildman–Crippen MR) is 214 cm³/mol. The maximum Gasteiger partial charge on any atom is 0.275 e. The molecule has 0 saturated carbocycles. The first-order valence-electron chi connectivity index (χ1n) is 17.9. The van der Waals surface area contributed by atoms with Crippen molar-refractivity contribution in [3.8, 4) is 28.1 Å². The van der Waals surface area contributed by atoms with Gasteiger partial charge in [-0.25, -0.2) is 0 Å². The molecule has 4 aromatic heterocycles. The molecular formula is C42H41Cl2N7O2. The molecule has 0 N–H and O–H groups in total. The van der Waals surface area contributed by atoms with Crippen LogP contribution in [0.15, 0.2) is 67.0 Å². The average molecular weight is 747 g/mol. The largest absolute Gasteiger partial charge is 0.494 e. The molecule has 7 aromatic rings. The molecule has 0 unspecified atom stereocenters. The van der Waals surface area contributed by atoms with Crippen LogP contribution in [0.5, 0.6) is 5.75 Å². The number of carbonyl (C=O) groups is 1. The third-order valence-corrected chi connectivity index (χ3v) is 11.6. The van der Waals surface area contributed by atoms with Crippen LogP contribution < -0.4 is 9.64 Å². The Morgan fingerprint density at radius 3 is 2.42 bits per heavy atom. The van der Waals surface area contributed by atoms with E-state index in [1.807, 2.05) is 74.8 Å². The zero-order valence-corrected chi connectivity index (χ0v) is 32.5. The van der Waals surface area contributed by atoms with Crippen molar-refractivity contribution in [2.24, 2.45) is 14.1 Å². The van der Waals surface area contributed by atoms with Crippen LogP contribution in [0.2, 0.25) is 10.0 Å². The van der Waals surface area contributed by atoms with E-state index in [0.29, 0.717) is 36.7 Å². The minimum absolute atomic E-state index is 0.0433. The number of anilines is 1. The molecule has 9 nitrogen and oxygen atoms in total. The minimum atomic E-state index is -0.0665. The van der Waals surface area contributed by atoms with Crippen molar-refractivity contribution in [1.82, 2.24) is 29.1 Å². The highest BCUT2D eigenvalue weighted by molar-refractivity contribution is 6.35. The molecular weight excluding hydrogens is 705 g/mol. The van der Waals surface area contributed by atoms with Crippen LogP contribution in [-0.4, -0.2) is 48.2 Å². The molecule has 0 bridgehead atoms. The third-order valence-electron chi connectivity index (χ3n) is 10.7. The van der Waals surface area contributed by atoms with Gasteiger partial charge in [0.25, 0.3) is 5.91 Å². The molecule has 1 aliphatic rings. The van der Waals surface area contributed by atoms with Gasteiger partial charge in [-0.15, -0.1) is 0 Å². The van der Waals surface area contributed by atoms with Crippen LogP contribution in [-0.2, 0) is 20.5 Å². The molecule has 0 fully saturated rings. The first-order chi connectivity index (χ1) is 25.4. The third kappa shape index (κ3) is 5.77. The number of nitrogens with zero attached hydrogens (tertiary/aromatic N) is 7. The van der Waals surface area contributed by atoms with Gasteiger partial charge in [0.05, 0.1) is 34.2 Å². The van der Waals surface area contributed by atoms with E-state index in [0.717, 1.165) is 88.7 Å². The fraction of sp³-hybridized carbons (Fsp3) is 0.286. The number of benzene rings is 3. The van der Waals surface area contributed by atoms with Crippen molar-refractivity contribution < 1.29 is 9.53 Å². The predicted octanol–water partition coefficient (Wildman–Crippen LogP) is 9.76. The van der Waals surface area contributed by atoms with E-state index in [1.54, 1.807) is 6.20 Å². The van der Waals surface area contributed by atoms with Crippen LogP contribution in [0.25, 0.3) is 44.2 Å². The Balaban J connectivity index is 1.26. The van der Waals surface area contributed by atoms with Crippen molar-refractivity contribution >= 4 is 56.6 Å². The van der Waals surface area contributed by atoms with Crippen LogP contribution in [0.3, 0.4) is 0 Å². The highest BCUT2D eigenvalue weighted by Gasteiger charge is 2.37. The van der Waals surface area contributed by atoms with Crippen molar-refractivity contribution in [3.63, 3.8) is 0 Å². The lowest BCUT2D eigenvalue weighted by molar-refractivity contribution is 0.0957. The maximum atomic E-state index is 15.2. The average Bonchev–Trinajstić information content (AvgIpc) is 3.74. The Labute approximate surface area is 318 Å². The van der Waals surface area contributed by atoms with Gasteiger partial charge in [-0.3, -0.25) is 9.48 Å². The van der Waals surface area contributed by atoms with E-state index in [-0.39, 0.29) is 11.9 Å². The highest BCUT2D eigenvalue weighted by atomic mass is 35.5. The zero-order chi connectivity index (χ0) is 37.3. The number of hydrogen-bond donors (Lipinski definition) is 0. The van der Waals surface area contributed by atoms with Crippen molar-refractivity contribution in [1.29, 1.82) is 0 Å². The molecule has 0 spiro atoms. The van der Waals surface area contributed by atoms with E-state index in [9.17, 15) is 0 Å². The number of carbonyl (C=O) groups excluding carboxylic acids is 1. The Hall–Kier alpha value is -5.12. The smallest absolute Gasteiger partial charge is 0.275 e. The molecule has 1 aliphatic heterocycles. The van der Waals surface area contributed by atoms with Gasteiger partial charge in [-0.2, -0.15) is 15.3 Å². The summed E-state index contributed by atoms with van der Waals surface area (Å²) < 4.78 is 12.5. The van der Waals surface area contributed by atoms with Crippen LogP contribution in [0.4, 0.5) is 5.69 Å². The molecule has 1 amide bonds. The summed E-state index contributed by atoms with van der Waals surface area (Å²) in [6.45, 7) is 11.2. The Kier molecular flexibility index (Phi) is 8.82. The standard InChI is InChI=1S/C42H41Cl2N7O2/c1-23-18-29(19-24(2)39(23)44)53-17-9-10-30-31-13-14-33(43)38(37-26(4)47-49(7)27(37)5)40(31)51-25(3)21-50(42(52)41(30)51)36-22-48(6)35-15-12-28(20-32(35)36)34-11-8-16-45-46-34/h8,11-16,18-20,22,25H,9-10,17,21H2,1-7H3/t25-/m1/s1.